The predicted molar refractivity (Wildman–Crippen MR) is 100 cm³/mol. The Morgan fingerprint density at radius 1 is 1.15 bits per heavy atom. The first-order chi connectivity index (χ1) is 13.1. The zero-order chi connectivity index (χ0) is 19.2. The molecular weight excluding hydrogens is 344 g/mol. The van der Waals surface area contributed by atoms with E-state index in [2.05, 4.69) is 17.2 Å². The van der Waals surface area contributed by atoms with E-state index < -0.39 is 17.9 Å². The van der Waals surface area contributed by atoms with Gasteiger partial charge in [-0.25, -0.2) is 0 Å². The van der Waals surface area contributed by atoms with Crippen molar-refractivity contribution in [2.45, 2.75) is 25.8 Å². The first kappa shape index (κ1) is 18.5. The first-order valence-corrected chi connectivity index (χ1v) is 8.83. The summed E-state index contributed by atoms with van der Waals surface area (Å²) in [6.07, 6.45) is 2.80. The Morgan fingerprint density at radius 3 is 2.59 bits per heavy atom. The lowest BCUT2D eigenvalue weighted by atomic mass is 10.1. The average molecular weight is 365 g/mol. The van der Waals surface area contributed by atoms with Crippen LogP contribution in [0.4, 0.5) is 0 Å². The number of carbonyl (C=O) groups excluding carboxylic acids is 2. The minimum Gasteiger partial charge on any atom is -0.548 e. The number of aliphatic carboxylic acids is 1. The number of para-hydroxylation sites is 1. The number of hydrogen-bond donors (Lipinski definition) is 2. The second-order valence-electron chi connectivity index (χ2n) is 6.29. The number of aromatic amines is 1. The highest BCUT2D eigenvalue weighted by atomic mass is 16.5. The molecule has 0 aliphatic carbocycles. The van der Waals surface area contributed by atoms with Crippen LogP contribution >= 0.6 is 0 Å². The van der Waals surface area contributed by atoms with Crippen LogP contribution in [0.2, 0.25) is 0 Å². The minimum atomic E-state index is -1.33. The maximum atomic E-state index is 12.1. The third-order valence-electron chi connectivity index (χ3n) is 4.42. The van der Waals surface area contributed by atoms with Crippen LogP contribution in [0.1, 0.15) is 18.1 Å². The number of benzene rings is 2. The van der Waals surface area contributed by atoms with Crippen molar-refractivity contribution in [2.75, 3.05) is 6.61 Å². The highest BCUT2D eigenvalue weighted by molar-refractivity contribution is 5.86. The summed E-state index contributed by atoms with van der Waals surface area (Å²) in [5.74, 6) is -1.28. The van der Waals surface area contributed by atoms with E-state index in [9.17, 15) is 14.7 Å². The van der Waals surface area contributed by atoms with Crippen LogP contribution in [-0.2, 0) is 22.4 Å². The summed E-state index contributed by atoms with van der Waals surface area (Å²) in [4.78, 5) is 26.7. The molecule has 0 fully saturated rings. The zero-order valence-corrected chi connectivity index (χ0v) is 15.0. The second kappa shape index (κ2) is 8.40. The molecule has 0 bridgehead atoms. The predicted octanol–water partition coefficient (Wildman–Crippen LogP) is 1.59. The van der Waals surface area contributed by atoms with Gasteiger partial charge in [0.25, 0.3) is 5.91 Å². The Labute approximate surface area is 157 Å². The first-order valence-electron chi connectivity index (χ1n) is 8.83. The van der Waals surface area contributed by atoms with Crippen LogP contribution in [0.25, 0.3) is 10.9 Å². The topological polar surface area (TPSA) is 94.2 Å². The van der Waals surface area contributed by atoms with Gasteiger partial charge in [0.1, 0.15) is 5.75 Å². The summed E-state index contributed by atoms with van der Waals surface area (Å²) in [5, 5.41) is 14.9. The van der Waals surface area contributed by atoms with Gasteiger partial charge in [-0.05, 0) is 35.7 Å². The van der Waals surface area contributed by atoms with Crippen molar-refractivity contribution in [3.63, 3.8) is 0 Å². The molecule has 3 aromatic rings. The van der Waals surface area contributed by atoms with E-state index in [0.29, 0.717) is 5.75 Å². The SMILES string of the molecule is CCc1ccc(OCC(=O)NC(Cc2c[nH]c3ccccc23)C(=O)[O-])cc1. The summed E-state index contributed by atoms with van der Waals surface area (Å²) in [7, 11) is 0. The molecule has 1 amide bonds. The number of aromatic nitrogens is 1. The van der Waals surface area contributed by atoms with Crippen molar-refractivity contribution in [1.29, 1.82) is 0 Å². The number of hydrogen-bond acceptors (Lipinski definition) is 4. The quantitative estimate of drug-likeness (QED) is 0.634. The molecule has 1 atom stereocenters. The number of rotatable bonds is 8. The van der Waals surface area contributed by atoms with Crippen LogP contribution in [0.15, 0.2) is 54.7 Å². The average Bonchev–Trinajstić information content (AvgIpc) is 3.09. The zero-order valence-electron chi connectivity index (χ0n) is 15.0. The van der Waals surface area contributed by atoms with E-state index in [1.807, 2.05) is 36.4 Å². The molecule has 0 radical (unpaired) electrons. The maximum Gasteiger partial charge on any atom is 0.258 e. The van der Waals surface area contributed by atoms with Crippen molar-refractivity contribution in [2.24, 2.45) is 0 Å². The molecule has 1 heterocycles. The molecule has 2 N–H and O–H groups in total. The Hall–Kier alpha value is -3.28. The number of nitrogens with one attached hydrogen (secondary N) is 2. The van der Waals surface area contributed by atoms with Crippen molar-refractivity contribution < 1.29 is 19.4 Å². The Kier molecular flexibility index (Phi) is 5.76. The van der Waals surface area contributed by atoms with Crippen LogP contribution < -0.4 is 15.2 Å². The second-order valence-corrected chi connectivity index (χ2v) is 6.29. The van der Waals surface area contributed by atoms with Crippen molar-refractivity contribution in [3.05, 3.63) is 65.9 Å². The molecule has 0 aliphatic heterocycles. The molecule has 0 saturated carbocycles. The molecule has 140 valence electrons. The van der Waals surface area contributed by atoms with Gasteiger partial charge in [-0.3, -0.25) is 4.79 Å². The number of aryl methyl sites for hydroxylation is 1. The van der Waals surface area contributed by atoms with Crippen LogP contribution in [-0.4, -0.2) is 29.5 Å². The van der Waals surface area contributed by atoms with Crippen LogP contribution in [0, 0.1) is 0 Å². The fraction of sp³-hybridized carbons (Fsp3) is 0.238. The highest BCUT2D eigenvalue weighted by Gasteiger charge is 2.16. The van der Waals surface area contributed by atoms with Gasteiger partial charge in [0.2, 0.25) is 0 Å². The lowest BCUT2D eigenvalue weighted by Crippen LogP contribution is -2.50. The summed E-state index contributed by atoms with van der Waals surface area (Å²) >= 11 is 0. The number of carbonyl (C=O) groups is 2. The summed E-state index contributed by atoms with van der Waals surface area (Å²) < 4.78 is 5.42. The minimum absolute atomic E-state index is 0.128. The molecule has 1 unspecified atom stereocenters. The molecule has 27 heavy (non-hydrogen) atoms. The van der Waals surface area contributed by atoms with E-state index in [-0.39, 0.29) is 13.0 Å². The molecule has 6 heteroatoms. The monoisotopic (exact) mass is 365 g/mol. The van der Waals surface area contributed by atoms with Gasteiger partial charge in [0, 0.05) is 23.5 Å². The van der Waals surface area contributed by atoms with Gasteiger partial charge in [0.05, 0.1) is 12.0 Å². The van der Waals surface area contributed by atoms with Gasteiger partial charge in [-0.1, -0.05) is 37.3 Å². The number of fused-ring (bicyclic) bond motifs is 1. The lowest BCUT2D eigenvalue weighted by molar-refractivity contribution is -0.308. The van der Waals surface area contributed by atoms with Crippen molar-refractivity contribution in [1.82, 2.24) is 10.3 Å². The third kappa shape index (κ3) is 4.67. The van der Waals surface area contributed by atoms with E-state index in [1.165, 1.54) is 5.56 Å². The summed E-state index contributed by atoms with van der Waals surface area (Å²) in [5.41, 5.74) is 2.88. The lowest BCUT2D eigenvalue weighted by Gasteiger charge is -2.19. The van der Waals surface area contributed by atoms with E-state index in [4.69, 9.17) is 4.74 Å². The van der Waals surface area contributed by atoms with Crippen LogP contribution in [0.5, 0.6) is 5.75 Å². The molecule has 0 saturated heterocycles. The molecule has 3 rings (SSSR count). The molecule has 0 aliphatic rings. The number of amides is 1. The van der Waals surface area contributed by atoms with E-state index in [1.54, 1.807) is 18.3 Å². The Bertz CT molecular complexity index is 931. The van der Waals surface area contributed by atoms with Crippen LogP contribution in [0.3, 0.4) is 0 Å². The number of ether oxygens (including phenoxy) is 1. The Balaban J connectivity index is 1.60. The molecule has 0 spiro atoms. The number of carboxylic acid groups (broad SMARTS) is 1. The summed E-state index contributed by atoms with van der Waals surface area (Å²) in [6.45, 7) is 1.79. The van der Waals surface area contributed by atoms with E-state index in [0.717, 1.165) is 22.9 Å². The van der Waals surface area contributed by atoms with Gasteiger partial charge in [-0.15, -0.1) is 0 Å². The van der Waals surface area contributed by atoms with Crippen molar-refractivity contribution in [3.8, 4) is 5.75 Å². The van der Waals surface area contributed by atoms with Gasteiger partial charge >= 0.3 is 0 Å². The molecular formula is C21H21N2O4-. The number of carboxylic acids is 1. The smallest absolute Gasteiger partial charge is 0.258 e. The van der Waals surface area contributed by atoms with Crippen molar-refractivity contribution >= 4 is 22.8 Å². The number of H-pyrrole nitrogens is 1. The molecule has 6 nitrogen and oxygen atoms in total. The standard InChI is InChI=1S/C21H22N2O4/c1-2-14-7-9-16(10-8-14)27-13-20(24)23-19(21(25)26)11-15-12-22-18-6-4-3-5-17(15)18/h3-10,12,19,22H,2,11,13H2,1H3,(H,23,24)(H,25,26)/p-1. The maximum absolute atomic E-state index is 12.1. The third-order valence-corrected chi connectivity index (χ3v) is 4.42. The Morgan fingerprint density at radius 2 is 1.89 bits per heavy atom. The highest BCUT2D eigenvalue weighted by Crippen LogP contribution is 2.19. The summed E-state index contributed by atoms with van der Waals surface area (Å²) in [6, 6.07) is 13.9. The van der Waals surface area contributed by atoms with E-state index >= 15 is 0 Å². The van der Waals surface area contributed by atoms with Gasteiger partial charge in [-0.2, -0.15) is 0 Å². The molecule has 2 aromatic carbocycles. The fourth-order valence-electron chi connectivity index (χ4n) is 2.92. The van der Waals surface area contributed by atoms with Gasteiger partial charge in [0.15, 0.2) is 6.61 Å². The largest absolute Gasteiger partial charge is 0.548 e. The normalized spacial score (nSPS) is 11.9. The fourth-order valence-corrected chi connectivity index (χ4v) is 2.92. The van der Waals surface area contributed by atoms with Gasteiger partial charge < -0.3 is 24.9 Å². The molecule has 1 aromatic heterocycles.